The van der Waals surface area contributed by atoms with Gasteiger partial charge < -0.3 is 53.0 Å². The van der Waals surface area contributed by atoms with Crippen LogP contribution in [0.3, 0.4) is 0 Å². The fourth-order valence-corrected chi connectivity index (χ4v) is 16.4. The minimum absolute atomic E-state index is 0.0000669. The highest BCUT2D eigenvalue weighted by molar-refractivity contribution is 5.93. The number of carbonyl (C=O) groups excluding carboxylic acids is 1. The van der Waals surface area contributed by atoms with Gasteiger partial charge >= 0.3 is 5.97 Å². The average molecular weight is 1350 g/mol. The minimum atomic E-state index is -0.999. The van der Waals surface area contributed by atoms with Crippen LogP contribution in [0.2, 0.25) is 0 Å². The molecule has 9 aromatic rings. The van der Waals surface area contributed by atoms with Crippen LogP contribution in [0.5, 0.6) is 5.75 Å². The maximum atomic E-state index is 14.8. The average Bonchev–Trinajstić information content (AvgIpc) is 1.61. The Balaban J connectivity index is 0.000000127. The largest absolute Gasteiger partial charge is 0.508 e. The van der Waals surface area contributed by atoms with Crippen molar-refractivity contribution >= 4 is 38.7 Å². The van der Waals surface area contributed by atoms with E-state index in [0.29, 0.717) is 111 Å². The number of carbonyl (C=O) groups is 1. The summed E-state index contributed by atoms with van der Waals surface area (Å²) in [5.74, 6) is -1.34. The maximum Gasteiger partial charge on any atom is 0.309 e. The van der Waals surface area contributed by atoms with E-state index in [1.54, 1.807) is 31.9 Å². The molecule has 99 heavy (non-hydrogen) atoms. The Hall–Kier alpha value is -9.28. The van der Waals surface area contributed by atoms with Crippen molar-refractivity contribution in [3.05, 3.63) is 206 Å². The number of hydrogen-bond donors (Lipinski definition) is 2. The van der Waals surface area contributed by atoms with Crippen molar-refractivity contribution in [2.24, 2.45) is 5.73 Å². The molecule has 4 atom stereocenters. The van der Waals surface area contributed by atoms with Gasteiger partial charge in [0.25, 0.3) is 16.7 Å². The summed E-state index contributed by atoms with van der Waals surface area (Å²) in [7, 11) is 0. The molecule has 0 saturated heterocycles. The van der Waals surface area contributed by atoms with E-state index in [9.17, 15) is 37.5 Å². The first-order valence-electron chi connectivity index (χ1n) is 34.2. The van der Waals surface area contributed by atoms with E-state index in [1.807, 2.05) is 87.4 Å². The predicted octanol–water partition coefficient (Wildman–Crippen LogP) is 13.8. The number of phenols is 1. The number of pyridine rings is 6. The van der Waals surface area contributed by atoms with Gasteiger partial charge in [-0.15, -0.1) is 0 Å². The van der Waals surface area contributed by atoms with E-state index in [0.717, 1.165) is 104 Å². The van der Waals surface area contributed by atoms with Gasteiger partial charge in [0.05, 0.1) is 112 Å². The quantitative estimate of drug-likeness (QED) is 0.122. The molecular weight excluding hydrogens is 1270 g/mol. The summed E-state index contributed by atoms with van der Waals surface area (Å²) >= 11 is 0. The van der Waals surface area contributed by atoms with Crippen LogP contribution >= 0.6 is 0 Å². The Morgan fingerprint density at radius 3 is 1.70 bits per heavy atom. The number of aryl methyl sites for hydroxylation is 2. The van der Waals surface area contributed by atoms with Gasteiger partial charge in [-0.3, -0.25) is 19.2 Å². The minimum Gasteiger partial charge on any atom is -0.508 e. The Kier molecular flexibility index (Phi) is 16.6. The molecule has 1 aliphatic carbocycles. The van der Waals surface area contributed by atoms with Crippen molar-refractivity contribution in [2.75, 3.05) is 0 Å². The number of phenolic OH excluding ortho intramolecular Hbond substituents is 1. The number of rotatable bonds is 10. The van der Waals surface area contributed by atoms with Crippen LogP contribution in [0.4, 0.5) is 13.2 Å². The summed E-state index contributed by atoms with van der Waals surface area (Å²) in [6.45, 7) is 31.1. The number of benzene rings is 3. The van der Waals surface area contributed by atoms with E-state index in [2.05, 4.69) is 31.1 Å². The van der Waals surface area contributed by atoms with E-state index in [4.69, 9.17) is 44.1 Å². The number of halogens is 3. The number of hydrogen-bond acceptors (Lipinski definition) is 15. The molecule has 21 heteroatoms. The van der Waals surface area contributed by atoms with Crippen LogP contribution < -0.4 is 22.4 Å². The summed E-state index contributed by atoms with van der Waals surface area (Å²) in [5.41, 5.74) is 19.6. The van der Waals surface area contributed by atoms with Crippen molar-refractivity contribution in [1.29, 1.82) is 0 Å². The van der Waals surface area contributed by atoms with E-state index >= 15 is 0 Å². The SMILES string of the molecule is C=C1OCc2c(cc3n(c2=O)Cc2c-3nc3cc(F)c(C)c4c3c2[C@@H](N)CC4)[C@]1(CC)OC(C)C.C=C1OCc2c(cc3n(c2=O)Cc2c-3nc3ccc(O)cc3c2CC)[C@]1(CC)OC(C)C.CC[C@@]1(OC(C)C)CC(=O)OCc2c1cc1n(c2=O)Cc2cc3cc(F)c(F)cc3nc2-1. The number of nitrogens with zero attached hydrogens (tertiary/aromatic N) is 6. The molecule has 6 aromatic heterocycles. The number of aromatic hydroxyl groups is 1. The summed E-state index contributed by atoms with van der Waals surface area (Å²) in [6.07, 6.45) is 3.54. The molecule has 12 heterocycles. The molecule has 0 saturated carbocycles. The lowest BCUT2D eigenvalue weighted by molar-refractivity contribution is -0.155. The third-order valence-electron chi connectivity index (χ3n) is 20.9. The van der Waals surface area contributed by atoms with E-state index in [-0.39, 0.29) is 85.4 Å². The molecular formula is C78H80F3N7O11. The molecule has 0 unspecified atom stereocenters. The predicted molar refractivity (Wildman–Crippen MR) is 369 cm³/mol. The molecule has 0 spiro atoms. The lowest BCUT2D eigenvalue weighted by Gasteiger charge is -2.41. The Morgan fingerprint density at radius 2 is 1.11 bits per heavy atom. The van der Waals surface area contributed by atoms with Crippen LogP contribution in [-0.2, 0) is 102 Å². The molecule has 6 aliphatic heterocycles. The normalized spacial score (nSPS) is 20.3. The van der Waals surface area contributed by atoms with Gasteiger partial charge in [-0.2, -0.15) is 0 Å². The van der Waals surface area contributed by atoms with Crippen molar-refractivity contribution in [3.63, 3.8) is 0 Å². The standard InChI is InChI=1S/C28H30FN3O3.C26H28N2O4.C24H22F2N2O4/c1-6-28(35-13(2)3)15(5)34-12-18-19(28)9-23-26-17(11-32(23)27(18)33)24-21(30)8-7-16-14(4)20(29)10-22(31-26)25(16)24;1-6-17-18-10-16(29)8-9-22(18)27-24-19(17)12-28-23(24)11-21-20(25(28)30)13-31-15(5)26(21,7-2)32-14(3)4;1-4-24(32-12(2)3)9-21(29)31-11-15-16(24)7-20-22-14(10-28(20)23(15)30)5-13-6-17(25)18(26)8-19(13)27-22/h9-10,13,21H,5-8,11-12,30H2,1-4H3;8-11,14,29H,5-7,12-13H2,1-4H3;5-8,12H,4,9-11H2,1-3H3/t21-,28+;26-;24-/m011/s1. The lowest BCUT2D eigenvalue weighted by Crippen LogP contribution is -2.42. The van der Waals surface area contributed by atoms with Gasteiger partial charge in [0.1, 0.15) is 59.7 Å². The second-order valence-corrected chi connectivity index (χ2v) is 27.7. The summed E-state index contributed by atoms with van der Waals surface area (Å²) in [6, 6.07) is 16.4. The van der Waals surface area contributed by atoms with Crippen molar-refractivity contribution in [1.82, 2.24) is 28.7 Å². The fourth-order valence-electron chi connectivity index (χ4n) is 16.4. The van der Waals surface area contributed by atoms with Gasteiger partial charge in [0.15, 0.2) is 11.6 Å². The van der Waals surface area contributed by atoms with Crippen LogP contribution in [0, 0.1) is 24.4 Å². The van der Waals surface area contributed by atoms with E-state index in [1.165, 1.54) is 6.07 Å². The summed E-state index contributed by atoms with van der Waals surface area (Å²) in [4.78, 5) is 67.8. The van der Waals surface area contributed by atoms with Gasteiger partial charge in [-0.25, -0.2) is 28.1 Å². The second-order valence-electron chi connectivity index (χ2n) is 27.7. The zero-order valence-corrected chi connectivity index (χ0v) is 57.6. The maximum absolute atomic E-state index is 14.8. The number of fused-ring (bicyclic) bond motifs is 15. The first kappa shape index (κ1) is 66.9. The number of esters is 1. The molecule has 0 radical (unpaired) electrons. The van der Waals surface area contributed by atoms with Crippen LogP contribution in [0.1, 0.15) is 180 Å². The Labute approximate surface area is 569 Å². The van der Waals surface area contributed by atoms with Crippen molar-refractivity contribution in [2.45, 2.75) is 202 Å². The number of aromatic nitrogens is 6. The van der Waals surface area contributed by atoms with Crippen molar-refractivity contribution < 1.29 is 51.5 Å². The van der Waals surface area contributed by atoms with Gasteiger partial charge in [-0.1, -0.05) is 40.9 Å². The Bertz CT molecular complexity index is 5210. The third kappa shape index (κ3) is 10.4. The molecule has 16 rings (SSSR count). The number of nitrogens with two attached hydrogens (primary N) is 1. The van der Waals surface area contributed by atoms with Gasteiger partial charge in [0, 0.05) is 62.2 Å². The third-order valence-corrected chi connectivity index (χ3v) is 20.9. The summed E-state index contributed by atoms with van der Waals surface area (Å²) < 4.78 is 83.6. The zero-order valence-electron chi connectivity index (χ0n) is 57.6. The molecule has 3 aromatic carbocycles. The number of cyclic esters (lactones) is 1. The molecule has 0 amide bonds. The number of ether oxygens (including phenoxy) is 6. The van der Waals surface area contributed by atoms with Crippen LogP contribution in [0.25, 0.3) is 66.9 Å². The topological polar surface area (TPSA) is 223 Å². The van der Waals surface area contributed by atoms with E-state index < -0.39 is 34.4 Å². The zero-order chi connectivity index (χ0) is 70.4. The molecule has 18 nitrogen and oxygen atoms in total. The molecule has 7 aliphatic rings. The van der Waals surface area contributed by atoms with Crippen LogP contribution in [0.15, 0.2) is 99.7 Å². The molecule has 0 fully saturated rings. The van der Waals surface area contributed by atoms with Gasteiger partial charge in [-0.05, 0) is 163 Å². The molecule has 514 valence electrons. The molecule has 3 N–H and O–H groups in total. The first-order valence-corrected chi connectivity index (χ1v) is 34.2. The second kappa shape index (κ2) is 24.6. The van der Waals surface area contributed by atoms with Gasteiger partial charge in [0.2, 0.25) is 0 Å². The smallest absolute Gasteiger partial charge is 0.309 e. The lowest BCUT2D eigenvalue weighted by atomic mass is 9.82. The Morgan fingerprint density at radius 1 is 0.596 bits per heavy atom. The summed E-state index contributed by atoms with van der Waals surface area (Å²) in [5, 5.41) is 12.4. The molecule has 0 bridgehead atoms. The highest BCUT2D eigenvalue weighted by Crippen LogP contribution is 2.50. The fraction of sp³-hybridized carbons (Fsp3) is 0.397. The highest BCUT2D eigenvalue weighted by atomic mass is 19.2. The monoisotopic (exact) mass is 1350 g/mol. The van der Waals surface area contributed by atoms with Crippen molar-refractivity contribution in [3.8, 4) is 39.9 Å². The first-order chi connectivity index (χ1) is 47.2. The van der Waals surface area contributed by atoms with Crippen LogP contribution in [-0.4, -0.2) is 58.0 Å². The highest BCUT2D eigenvalue weighted by Gasteiger charge is 2.48.